The zero-order valence-corrected chi connectivity index (χ0v) is 16.5. The zero-order valence-electron chi connectivity index (χ0n) is 16.5. The third-order valence-electron chi connectivity index (χ3n) is 5.35. The number of carbonyl (C=O) groups is 3. The number of aryl methyl sites for hydroxylation is 1. The molecule has 0 aliphatic carbocycles. The molecule has 0 N–H and O–H groups in total. The first kappa shape index (κ1) is 19.0. The first-order valence-electron chi connectivity index (χ1n) is 9.68. The van der Waals surface area contributed by atoms with Crippen LogP contribution in [-0.2, 0) is 4.74 Å². The molecule has 2 aliphatic rings. The van der Waals surface area contributed by atoms with Crippen molar-refractivity contribution in [3.63, 3.8) is 0 Å². The molecule has 0 unspecified atom stereocenters. The average molecular weight is 420 g/mol. The number of ether oxygens (including phenoxy) is 1. The molecule has 8 nitrogen and oxygen atoms in total. The molecule has 2 aliphatic heterocycles. The van der Waals surface area contributed by atoms with Crippen molar-refractivity contribution in [3.05, 3.63) is 77.4 Å². The predicted molar refractivity (Wildman–Crippen MR) is 108 cm³/mol. The van der Waals surface area contributed by atoms with E-state index in [9.17, 15) is 18.8 Å². The summed E-state index contributed by atoms with van der Waals surface area (Å²) < 4.78 is 21.4. The Kier molecular flexibility index (Phi) is 4.32. The van der Waals surface area contributed by atoms with Crippen molar-refractivity contribution < 1.29 is 23.5 Å². The largest absolute Gasteiger partial charge is 0.442 e. The number of hydrogen-bond acceptors (Lipinski definition) is 5. The lowest BCUT2D eigenvalue weighted by Crippen LogP contribution is -2.38. The summed E-state index contributed by atoms with van der Waals surface area (Å²) in [5.74, 6) is -1.38. The fourth-order valence-electron chi connectivity index (χ4n) is 3.83. The van der Waals surface area contributed by atoms with Crippen LogP contribution < -0.4 is 4.90 Å². The van der Waals surface area contributed by atoms with Crippen LogP contribution in [0.5, 0.6) is 0 Å². The van der Waals surface area contributed by atoms with E-state index in [1.807, 2.05) is 0 Å². The number of hydrogen-bond donors (Lipinski definition) is 0. The van der Waals surface area contributed by atoms with E-state index in [2.05, 4.69) is 5.10 Å². The van der Waals surface area contributed by atoms with Crippen molar-refractivity contribution in [1.29, 1.82) is 0 Å². The molecule has 0 bridgehead atoms. The Bertz CT molecular complexity index is 1200. The van der Waals surface area contributed by atoms with Crippen LogP contribution in [0.15, 0.2) is 54.7 Å². The SMILES string of the molecule is Cc1ccn(-c2ccc(N3C[C@H](CN4C(=O)c5ccccc5C4=O)OC3=O)cc2F)n1. The molecule has 0 radical (unpaired) electrons. The monoisotopic (exact) mass is 420 g/mol. The number of carbonyl (C=O) groups excluding carboxylic acids is 3. The molecule has 5 rings (SSSR count). The molecule has 3 amide bonds. The summed E-state index contributed by atoms with van der Waals surface area (Å²) in [6.07, 6.45) is 0.269. The van der Waals surface area contributed by atoms with Crippen LogP contribution >= 0.6 is 0 Å². The highest BCUT2D eigenvalue weighted by Crippen LogP contribution is 2.28. The van der Waals surface area contributed by atoms with Gasteiger partial charge in [0.15, 0.2) is 5.82 Å². The van der Waals surface area contributed by atoms with Crippen molar-refractivity contribution in [2.24, 2.45) is 0 Å². The number of amides is 3. The van der Waals surface area contributed by atoms with Gasteiger partial charge in [-0.3, -0.25) is 19.4 Å². The van der Waals surface area contributed by atoms with Gasteiger partial charge in [-0.1, -0.05) is 12.1 Å². The second-order valence-corrected chi connectivity index (χ2v) is 7.42. The van der Waals surface area contributed by atoms with Gasteiger partial charge >= 0.3 is 6.09 Å². The fraction of sp³-hybridized carbons (Fsp3) is 0.182. The van der Waals surface area contributed by atoms with Crippen molar-refractivity contribution in [3.8, 4) is 5.69 Å². The van der Waals surface area contributed by atoms with E-state index in [1.165, 1.54) is 21.7 Å². The van der Waals surface area contributed by atoms with Crippen molar-refractivity contribution >= 4 is 23.6 Å². The summed E-state index contributed by atoms with van der Waals surface area (Å²) >= 11 is 0. The Hall–Kier alpha value is -4.01. The van der Waals surface area contributed by atoms with E-state index >= 15 is 0 Å². The van der Waals surface area contributed by atoms with Crippen molar-refractivity contribution in [2.75, 3.05) is 18.0 Å². The maximum atomic E-state index is 14.7. The highest BCUT2D eigenvalue weighted by atomic mass is 19.1. The number of fused-ring (bicyclic) bond motifs is 1. The molecule has 2 aromatic carbocycles. The fourth-order valence-corrected chi connectivity index (χ4v) is 3.83. The number of aromatic nitrogens is 2. The first-order chi connectivity index (χ1) is 14.9. The lowest BCUT2D eigenvalue weighted by molar-refractivity contribution is 0.0558. The van der Waals surface area contributed by atoms with Crippen LogP contribution in [-0.4, -0.2) is 51.8 Å². The Balaban J connectivity index is 1.32. The van der Waals surface area contributed by atoms with E-state index < -0.39 is 29.8 Å². The van der Waals surface area contributed by atoms with Gasteiger partial charge in [0, 0.05) is 6.20 Å². The van der Waals surface area contributed by atoms with Crippen LogP contribution in [0.4, 0.5) is 14.9 Å². The van der Waals surface area contributed by atoms with E-state index in [0.29, 0.717) is 16.8 Å². The molecular weight excluding hydrogens is 403 g/mol. The molecule has 9 heteroatoms. The summed E-state index contributed by atoms with van der Waals surface area (Å²) in [7, 11) is 0. The number of nitrogens with zero attached hydrogens (tertiary/aromatic N) is 4. The van der Waals surface area contributed by atoms with Crippen LogP contribution in [0, 0.1) is 12.7 Å². The highest BCUT2D eigenvalue weighted by molar-refractivity contribution is 6.21. The standard InChI is InChI=1S/C22H17FN4O4/c1-13-8-9-27(24-13)19-7-6-14(10-18(19)23)25-11-15(31-22(25)30)12-26-20(28)16-4-2-3-5-17(16)21(26)29/h2-10,15H,11-12H2,1H3/t15-/m1/s1. The van der Waals surface area contributed by atoms with Crippen LogP contribution in [0.25, 0.3) is 5.69 Å². The van der Waals surface area contributed by atoms with E-state index in [1.54, 1.807) is 49.5 Å². The maximum Gasteiger partial charge on any atom is 0.414 e. The van der Waals surface area contributed by atoms with Gasteiger partial charge in [-0.25, -0.2) is 13.9 Å². The minimum absolute atomic E-state index is 0.0677. The van der Waals surface area contributed by atoms with Gasteiger partial charge in [0.2, 0.25) is 0 Å². The molecule has 0 saturated carbocycles. The number of anilines is 1. The summed E-state index contributed by atoms with van der Waals surface area (Å²) in [6.45, 7) is 1.82. The highest BCUT2D eigenvalue weighted by Gasteiger charge is 2.40. The average Bonchev–Trinajstić information content (AvgIpc) is 3.41. The van der Waals surface area contributed by atoms with E-state index in [4.69, 9.17) is 4.74 Å². The number of halogens is 1. The predicted octanol–water partition coefficient (Wildman–Crippen LogP) is 2.94. The third kappa shape index (κ3) is 3.14. The van der Waals surface area contributed by atoms with Gasteiger partial charge in [0.05, 0.1) is 35.6 Å². The quantitative estimate of drug-likeness (QED) is 0.606. The van der Waals surface area contributed by atoms with E-state index in [0.717, 1.165) is 10.6 Å². The summed E-state index contributed by atoms with van der Waals surface area (Å²) in [5, 5.41) is 4.19. The Morgan fingerprint density at radius 3 is 2.39 bits per heavy atom. The Morgan fingerprint density at radius 1 is 1.06 bits per heavy atom. The normalized spacial score (nSPS) is 18.0. The maximum absolute atomic E-state index is 14.7. The molecule has 0 spiro atoms. The third-order valence-corrected chi connectivity index (χ3v) is 5.35. The summed E-state index contributed by atoms with van der Waals surface area (Å²) in [5.41, 5.74) is 2.00. The molecule has 3 aromatic rings. The van der Waals surface area contributed by atoms with Gasteiger partial charge in [-0.15, -0.1) is 0 Å². The van der Waals surface area contributed by atoms with Crippen LogP contribution in [0.3, 0.4) is 0 Å². The lowest BCUT2D eigenvalue weighted by atomic mass is 10.1. The van der Waals surface area contributed by atoms with Gasteiger partial charge in [0.1, 0.15) is 11.8 Å². The molecule has 156 valence electrons. The van der Waals surface area contributed by atoms with Gasteiger partial charge < -0.3 is 4.74 Å². The lowest BCUT2D eigenvalue weighted by Gasteiger charge is -2.17. The summed E-state index contributed by atoms with van der Waals surface area (Å²) in [6, 6.07) is 12.7. The molecule has 1 fully saturated rings. The molecule has 31 heavy (non-hydrogen) atoms. The topological polar surface area (TPSA) is 84.7 Å². The van der Waals surface area contributed by atoms with Crippen LogP contribution in [0.1, 0.15) is 26.4 Å². The first-order valence-corrected chi connectivity index (χ1v) is 9.68. The second-order valence-electron chi connectivity index (χ2n) is 7.42. The zero-order chi connectivity index (χ0) is 21.7. The number of rotatable bonds is 4. The summed E-state index contributed by atoms with van der Waals surface area (Å²) in [4.78, 5) is 39.8. The Labute approximate surface area is 176 Å². The Morgan fingerprint density at radius 2 is 1.77 bits per heavy atom. The minimum atomic E-state index is -0.716. The minimum Gasteiger partial charge on any atom is -0.442 e. The molecule has 1 atom stereocenters. The van der Waals surface area contributed by atoms with Gasteiger partial charge in [0.25, 0.3) is 11.8 Å². The molecule has 1 saturated heterocycles. The van der Waals surface area contributed by atoms with Crippen LogP contribution in [0.2, 0.25) is 0 Å². The van der Waals surface area contributed by atoms with Gasteiger partial charge in [-0.2, -0.15) is 5.10 Å². The second kappa shape index (κ2) is 7.05. The van der Waals surface area contributed by atoms with E-state index in [-0.39, 0.29) is 18.8 Å². The molecule has 3 heterocycles. The number of benzene rings is 2. The van der Waals surface area contributed by atoms with Crippen molar-refractivity contribution in [2.45, 2.75) is 13.0 Å². The van der Waals surface area contributed by atoms with Gasteiger partial charge in [-0.05, 0) is 43.3 Å². The van der Waals surface area contributed by atoms with Crippen molar-refractivity contribution in [1.82, 2.24) is 14.7 Å². The molecular formula is C22H17FN4O4. The smallest absolute Gasteiger partial charge is 0.414 e. The number of imide groups is 1. The number of cyclic esters (lactones) is 1. The molecule has 1 aromatic heterocycles.